The predicted molar refractivity (Wildman–Crippen MR) is 95.5 cm³/mol. The topological polar surface area (TPSA) is 57.6 Å². The molecule has 0 saturated carbocycles. The van der Waals surface area contributed by atoms with Gasteiger partial charge in [-0.05, 0) is 49.4 Å². The van der Waals surface area contributed by atoms with E-state index < -0.39 is 0 Å². The third kappa shape index (κ3) is 3.36. The maximum atomic E-state index is 12.5. The van der Waals surface area contributed by atoms with E-state index in [1.807, 2.05) is 38.1 Å². The van der Waals surface area contributed by atoms with E-state index in [9.17, 15) is 14.7 Å². The van der Waals surface area contributed by atoms with Crippen molar-refractivity contribution in [1.82, 2.24) is 4.90 Å². The first-order valence-corrected chi connectivity index (χ1v) is 8.36. The summed E-state index contributed by atoms with van der Waals surface area (Å²) in [5.74, 6) is -0.238. The summed E-state index contributed by atoms with van der Waals surface area (Å²) in [4.78, 5) is 26.3. The molecule has 1 saturated heterocycles. The molecule has 2 aromatic carbocycles. The average molecular weight is 339 g/mol. The van der Waals surface area contributed by atoms with Gasteiger partial charge in [0.05, 0.1) is 11.4 Å². The first-order valence-electron chi connectivity index (χ1n) is 7.54. The van der Waals surface area contributed by atoms with E-state index in [0.29, 0.717) is 10.5 Å². The fourth-order valence-electron chi connectivity index (χ4n) is 2.56. The molecule has 0 radical (unpaired) electrons. The lowest BCUT2D eigenvalue weighted by atomic mass is 10.1. The second kappa shape index (κ2) is 6.53. The number of nitrogens with zero attached hydrogens (tertiary/aromatic N) is 1. The van der Waals surface area contributed by atoms with Gasteiger partial charge in [0.15, 0.2) is 0 Å². The molecule has 3 rings (SSSR count). The molecule has 0 aliphatic carbocycles. The number of hydrogen-bond donors (Lipinski definition) is 1. The number of aromatic hydroxyl groups is 1. The van der Waals surface area contributed by atoms with Crippen LogP contribution in [0.25, 0.3) is 6.08 Å². The van der Waals surface area contributed by atoms with Crippen LogP contribution in [0.15, 0.2) is 47.4 Å². The molecular weight excluding hydrogens is 322 g/mol. The minimum atomic E-state index is -0.326. The van der Waals surface area contributed by atoms with Gasteiger partial charge in [0.25, 0.3) is 11.1 Å². The Hall–Kier alpha value is -2.53. The largest absolute Gasteiger partial charge is 0.507 e. The summed E-state index contributed by atoms with van der Waals surface area (Å²) in [7, 11) is 0. The average Bonchev–Trinajstić information content (AvgIpc) is 2.79. The highest BCUT2D eigenvalue weighted by Gasteiger charge is 2.35. The van der Waals surface area contributed by atoms with Gasteiger partial charge in [-0.2, -0.15) is 0 Å². The van der Waals surface area contributed by atoms with Crippen LogP contribution in [0.4, 0.5) is 4.79 Å². The number of phenolic OH excluding ortho intramolecular Hbond substituents is 1. The van der Waals surface area contributed by atoms with E-state index in [2.05, 4.69) is 0 Å². The Bertz CT molecular complexity index is 857. The van der Waals surface area contributed by atoms with E-state index in [0.717, 1.165) is 28.5 Å². The number of phenols is 1. The van der Waals surface area contributed by atoms with Crippen molar-refractivity contribution in [2.75, 3.05) is 0 Å². The van der Waals surface area contributed by atoms with Crippen molar-refractivity contribution in [1.29, 1.82) is 0 Å². The van der Waals surface area contributed by atoms with Crippen molar-refractivity contribution in [3.05, 3.63) is 69.6 Å². The van der Waals surface area contributed by atoms with E-state index in [4.69, 9.17) is 0 Å². The Kier molecular flexibility index (Phi) is 4.44. The third-order valence-corrected chi connectivity index (χ3v) is 4.67. The SMILES string of the molecule is Cc1cccc(CN2C(=O)S/C(=C\c3cc(C)ccc3O)C2=O)c1. The number of imide groups is 1. The highest BCUT2D eigenvalue weighted by atomic mass is 32.2. The first-order chi connectivity index (χ1) is 11.4. The fraction of sp³-hybridized carbons (Fsp3) is 0.158. The number of carbonyl (C=O) groups is 2. The van der Waals surface area contributed by atoms with E-state index in [-0.39, 0.29) is 23.4 Å². The quantitative estimate of drug-likeness (QED) is 0.850. The Morgan fingerprint density at radius 1 is 1.08 bits per heavy atom. The number of amides is 2. The van der Waals surface area contributed by atoms with Gasteiger partial charge >= 0.3 is 0 Å². The lowest BCUT2D eigenvalue weighted by Crippen LogP contribution is -2.27. The maximum absolute atomic E-state index is 12.5. The monoisotopic (exact) mass is 339 g/mol. The van der Waals surface area contributed by atoms with Gasteiger partial charge in [0.1, 0.15) is 5.75 Å². The molecule has 24 heavy (non-hydrogen) atoms. The van der Waals surface area contributed by atoms with Crippen LogP contribution < -0.4 is 0 Å². The zero-order chi connectivity index (χ0) is 17.3. The molecule has 0 aromatic heterocycles. The Labute approximate surface area is 144 Å². The molecule has 5 heteroatoms. The lowest BCUT2D eigenvalue weighted by molar-refractivity contribution is -0.123. The zero-order valence-electron chi connectivity index (χ0n) is 13.4. The molecule has 1 aliphatic rings. The highest BCUT2D eigenvalue weighted by molar-refractivity contribution is 8.18. The van der Waals surface area contributed by atoms with Crippen molar-refractivity contribution < 1.29 is 14.7 Å². The predicted octanol–water partition coefficient (Wildman–Crippen LogP) is 4.25. The molecular formula is C19H17NO3S. The molecule has 1 heterocycles. The number of hydrogen-bond acceptors (Lipinski definition) is 4. The molecule has 0 unspecified atom stereocenters. The summed E-state index contributed by atoms with van der Waals surface area (Å²) in [6.45, 7) is 4.13. The number of carbonyl (C=O) groups excluding carboxylic acids is 2. The van der Waals surface area contributed by atoms with Crippen LogP contribution in [0, 0.1) is 13.8 Å². The normalized spacial score (nSPS) is 16.2. The summed E-state index contributed by atoms with van der Waals surface area (Å²) < 4.78 is 0. The number of benzene rings is 2. The van der Waals surface area contributed by atoms with Crippen molar-refractivity contribution in [3.63, 3.8) is 0 Å². The summed E-state index contributed by atoms with van der Waals surface area (Å²) >= 11 is 0.902. The fourth-order valence-corrected chi connectivity index (χ4v) is 3.39. The van der Waals surface area contributed by atoms with Gasteiger partial charge in [0.2, 0.25) is 0 Å². The number of aryl methyl sites for hydroxylation is 2. The second-order valence-corrected chi connectivity index (χ2v) is 6.81. The molecule has 0 bridgehead atoms. The maximum Gasteiger partial charge on any atom is 0.293 e. The zero-order valence-corrected chi connectivity index (χ0v) is 14.3. The van der Waals surface area contributed by atoms with Crippen LogP contribution in [0.5, 0.6) is 5.75 Å². The third-order valence-electron chi connectivity index (χ3n) is 3.77. The summed E-state index contributed by atoms with van der Waals surface area (Å²) in [5, 5.41) is 9.62. The highest BCUT2D eigenvalue weighted by Crippen LogP contribution is 2.34. The first kappa shape index (κ1) is 16.3. The van der Waals surface area contributed by atoms with E-state index >= 15 is 0 Å². The molecule has 2 aromatic rings. The van der Waals surface area contributed by atoms with Crippen LogP contribution >= 0.6 is 11.8 Å². The Morgan fingerprint density at radius 3 is 2.58 bits per heavy atom. The van der Waals surface area contributed by atoms with Gasteiger partial charge in [-0.3, -0.25) is 14.5 Å². The van der Waals surface area contributed by atoms with Gasteiger partial charge in [0, 0.05) is 5.56 Å². The lowest BCUT2D eigenvalue weighted by Gasteiger charge is -2.12. The van der Waals surface area contributed by atoms with Gasteiger partial charge in [-0.15, -0.1) is 0 Å². The second-order valence-electron chi connectivity index (χ2n) is 5.82. The van der Waals surface area contributed by atoms with Crippen molar-refractivity contribution in [2.24, 2.45) is 0 Å². The smallest absolute Gasteiger partial charge is 0.293 e. The Balaban J connectivity index is 1.86. The molecule has 1 N–H and O–H groups in total. The summed E-state index contributed by atoms with van der Waals surface area (Å²) in [6, 6.07) is 12.9. The van der Waals surface area contributed by atoms with Gasteiger partial charge < -0.3 is 5.11 Å². The molecule has 1 aliphatic heterocycles. The van der Waals surface area contributed by atoms with Crippen LogP contribution in [0.1, 0.15) is 22.3 Å². The molecule has 1 fully saturated rings. The van der Waals surface area contributed by atoms with Crippen molar-refractivity contribution in [3.8, 4) is 5.75 Å². The van der Waals surface area contributed by atoms with E-state index in [1.54, 1.807) is 24.3 Å². The van der Waals surface area contributed by atoms with Gasteiger partial charge in [-0.25, -0.2) is 0 Å². The number of rotatable bonds is 3. The Morgan fingerprint density at radius 2 is 1.83 bits per heavy atom. The van der Waals surface area contributed by atoms with E-state index in [1.165, 1.54) is 4.90 Å². The van der Waals surface area contributed by atoms with Crippen LogP contribution in [0.2, 0.25) is 0 Å². The summed E-state index contributed by atoms with van der Waals surface area (Å²) in [6.07, 6.45) is 1.57. The van der Waals surface area contributed by atoms with Crippen molar-refractivity contribution >= 4 is 29.0 Å². The molecule has 2 amide bonds. The molecule has 122 valence electrons. The van der Waals surface area contributed by atoms with Crippen LogP contribution in [-0.4, -0.2) is 21.2 Å². The standard InChI is InChI=1S/C19H17NO3S/c1-12-4-3-5-14(8-12)11-20-18(22)17(24-19(20)23)10-15-9-13(2)6-7-16(15)21/h3-10,21H,11H2,1-2H3/b17-10-. The molecule has 4 nitrogen and oxygen atoms in total. The number of thioether (sulfide) groups is 1. The minimum Gasteiger partial charge on any atom is -0.507 e. The molecule has 0 spiro atoms. The van der Waals surface area contributed by atoms with Crippen LogP contribution in [0.3, 0.4) is 0 Å². The molecule has 0 atom stereocenters. The minimum absolute atomic E-state index is 0.0890. The van der Waals surface area contributed by atoms with Crippen LogP contribution in [-0.2, 0) is 11.3 Å². The van der Waals surface area contributed by atoms with Gasteiger partial charge in [-0.1, -0.05) is 41.5 Å². The van der Waals surface area contributed by atoms with Crippen molar-refractivity contribution in [2.45, 2.75) is 20.4 Å². The summed E-state index contributed by atoms with van der Waals surface area (Å²) in [5.41, 5.74) is 3.51.